The normalized spacial score (nSPS) is 23.1. The molecule has 2 saturated heterocycles. The molecule has 2 unspecified atom stereocenters. The minimum Gasteiger partial charge on any atom is -0.463 e. The fourth-order valence-corrected chi connectivity index (χ4v) is 5.02. The second-order valence-electron chi connectivity index (χ2n) is 9.67. The Labute approximate surface area is 213 Å². The summed E-state index contributed by atoms with van der Waals surface area (Å²) in [5.74, 6) is -3.30. The predicted octanol–water partition coefficient (Wildman–Crippen LogP) is 3.48. The van der Waals surface area contributed by atoms with Crippen molar-refractivity contribution in [2.24, 2.45) is 0 Å². The second kappa shape index (κ2) is 9.96. The number of aromatic nitrogens is 1. The minimum atomic E-state index is -0.843. The zero-order chi connectivity index (χ0) is 26.3. The number of nitrogens with zero attached hydrogens (tertiary/aromatic N) is 4. The number of benzene rings is 1. The number of rotatable bonds is 6. The van der Waals surface area contributed by atoms with Gasteiger partial charge in [-0.3, -0.25) is 0 Å². The lowest BCUT2D eigenvalue weighted by Crippen LogP contribution is -2.37. The molecule has 0 bridgehead atoms. The predicted molar refractivity (Wildman–Crippen MR) is 131 cm³/mol. The molecule has 2 fully saturated rings. The van der Waals surface area contributed by atoms with Crippen molar-refractivity contribution in [2.45, 2.75) is 25.2 Å². The van der Waals surface area contributed by atoms with Crippen LogP contribution in [0.4, 0.5) is 30.5 Å². The van der Waals surface area contributed by atoms with Gasteiger partial charge >= 0.3 is 5.97 Å². The van der Waals surface area contributed by atoms with Crippen LogP contribution in [-0.2, 0) is 19.0 Å². The number of ether oxygens (including phenoxy) is 3. The topological polar surface area (TPSA) is 67.4 Å². The molecule has 2 aromatic rings. The van der Waals surface area contributed by atoms with Crippen molar-refractivity contribution in [1.29, 1.82) is 0 Å². The zero-order valence-corrected chi connectivity index (χ0v) is 21.0. The van der Waals surface area contributed by atoms with Crippen LogP contribution in [0.5, 0.6) is 0 Å². The summed E-state index contributed by atoms with van der Waals surface area (Å²) in [5, 5.41) is 0. The highest BCUT2D eigenvalue weighted by Gasteiger charge is 2.48. The van der Waals surface area contributed by atoms with E-state index in [9.17, 15) is 13.6 Å². The van der Waals surface area contributed by atoms with Crippen LogP contribution >= 0.6 is 0 Å². The molecule has 0 amide bonds. The van der Waals surface area contributed by atoms with Crippen LogP contribution in [0.15, 0.2) is 29.8 Å². The van der Waals surface area contributed by atoms with Crippen molar-refractivity contribution >= 4 is 29.4 Å². The molecule has 2 atom stereocenters. The Balaban J connectivity index is 1.49. The first-order valence-corrected chi connectivity index (χ1v) is 12.2. The third-order valence-corrected chi connectivity index (χ3v) is 6.59. The van der Waals surface area contributed by atoms with Crippen molar-refractivity contribution in [2.75, 3.05) is 63.3 Å². The van der Waals surface area contributed by atoms with Crippen LogP contribution in [-0.4, -0.2) is 81.2 Å². The van der Waals surface area contributed by atoms with Crippen molar-refractivity contribution in [1.82, 2.24) is 9.88 Å². The van der Waals surface area contributed by atoms with Crippen LogP contribution in [0.1, 0.15) is 18.9 Å². The molecule has 4 heterocycles. The number of carbonyl (C=O) groups is 1. The van der Waals surface area contributed by atoms with Crippen molar-refractivity contribution < 1.29 is 32.2 Å². The maximum absolute atomic E-state index is 15.4. The molecular weight excluding hydrogens is 489 g/mol. The average Bonchev–Trinajstić information content (AvgIpc) is 3.43. The summed E-state index contributed by atoms with van der Waals surface area (Å²) >= 11 is 0. The van der Waals surface area contributed by atoms with Gasteiger partial charge in [0.05, 0.1) is 43.7 Å². The molecule has 1 spiro atoms. The highest BCUT2D eigenvalue weighted by molar-refractivity contribution is 5.98. The summed E-state index contributed by atoms with van der Waals surface area (Å²) in [4.78, 5) is 22.3. The van der Waals surface area contributed by atoms with Crippen LogP contribution in [0.25, 0.3) is 6.08 Å². The number of halogens is 3. The van der Waals surface area contributed by atoms with Gasteiger partial charge < -0.3 is 28.9 Å². The molecule has 5 rings (SSSR count). The molecule has 37 heavy (non-hydrogen) atoms. The molecule has 0 saturated carbocycles. The van der Waals surface area contributed by atoms with E-state index < -0.39 is 29.2 Å². The van der Waals surface area contributed by atoms with Gasteiger partial charge in [0.15, 0.2) is 17.4 Å². The standard InChI is InChI=1S/C26H29F3N4O4/c1-4-35-25(34)17-9-16-10-21(29)24(30-23(16)33(12-17)22-6-5-18(27)11-20(22)28)32-8-7-26(15-32)36-14-19(37-26)13-31(2)3/h5-6,9-11,19H,4,7-8,12-15H2,1-3H3. The SMILES string of the molecule is CCOC(=O)C1=Cc2cc(F)c(N3CCC4(C3)OCC(CN(C)C)O4)nc2N(c2ccc(F)cc2F)C1. The Hall–Kier alpha value is -3.15. The fourth-order valence-electron chi connectivity index (χ4n) is 5.02. The maximum Gasteiger partial charge on any atom is 0.335 e. The van der Waals surface area contributed by atoms with Crippen molar-refractivity contribution in [3.63, 3.8) is 0 Å². The van der Waals surface area contributed by atoms with Gasteiger partial charge in [0.25, 0.3) is 0 Å². The van der Waals surface area contributed by atoms with Gasteiger partial charge in [-0.1, -0.05) is 0 Å². The van der Waals surface area contributed by atoms with E-state index in [2.05, 4.69) is 4.98 Å². The fraction of sp³-hybridized carbons (Fsp3) is 0.462. The molecular formula is C26H29F3N4O4. The first-order valence-electron chi connectivity index (χ1n) is 12.2. The zero-order valence-electron chi connectivity index (χ0n) is 21.0. The van der Waals surface area contributed by atoms with E-state index in [1.54, 1.807) is 11.8 Å². The Morgan fingerprint density at radius 3 is 2.76 bits per heavy atom. The van der Waals surface area contributed by atoms with Crippen LogP contribution in [0.3, 0.4) is 0 Å². The summed E-state index contributed by atoms with van der Waals surface area (Å²) in [6.45, 7) is 3.64. The monoisotopic (exact) mass is 518 g/mol. The molecule has 0 N–H and O–H groups in total. The number of esters is 1. The first kappa shape index (κ1) is 25.5. The molecule has 198 valence electrons. The lowest BCUT2D eigenvalue weighted by Gasteiger charge is -2.31. The Morgan fingerprint density at radius 2 is 2.03 bits per heavy atom. The number of fused-ring (bicyclic) bond motifs is 1. The number of pyridine rings is 1. The lowest BCUT2D eigenvalue weighted by atomic mass is 10.0. The number of hydrogen-bond acceptors (Lipinski definition) is 8. The Kier molecular flexibility index (Phi) is 6.86. The minimum absolute atomic E-state index is 0.00878. The molecule has 11 heteroatoms. The first-order chi connectivity index (χ1) is 17.7. The van der Waals surface area contributed by atoms with E-state index >= 15 is 4.39 Å². The van der Waals surface area contributed by atoms with Crippen molar-refractivity contribution in [3.05, 3.63) is 52.9 Å². The van der Waals surface area contributed by atoms with Crippen molar-refractivity contribution in [3.8, 4) is 0 Å². The largest absolute Gasteiger partial charge is 0.463 e. The van der Waals surface area contributed by atoms with Gasteiger partial charge in [-0.15, -0.1) is 0 Å². The van der Waals surface area contributed by atoms with Crippen LogP contribution in [0, 0.1) is 17.5 Å². The van der Waals surface area contributed by atoms with E-state index in [-0.39, 0.29) is 54.3 Å². The Bertz CT molecular complexity index is 1240. The summed E-state index contributed by atoms with van der Waals surface area (Å²) in [6.07, 6.45) is 1.95. The second-order valence-corrected chi connectivity index (χ2v) is 9.67. The average molecular weight is 519 g/mol. The summed E-state index contributed by atoms with van der Waals surface area (Å²) in [6, 6.07) is 4.41. The summed E-state index contributed by atoms with van der Waals surface area (Å²) < 4.78 is 61.2. The molecule has 3 aliphatic rings. The van der Waals surface area contributed by atoms with Gasteiger partial charge in [0, 0.05) is 31.1 Å². The van der Waals surface area contributed by atoms with Gasteiger partial charge in [0.2, 0.25) is 0 Å². The van der Waals surface area contributed by atoms with E-state index in [1.165, 1.54) is 23.1 Å². The molecule has 8 nitrogen and oxygen atoms in total. The number of carbonyl (C=O) groups excluding carboxylic acids is 1. The van der Waals surface area contributed by atoms with Crippen LogP contribution < -0.4 is 9.80 Å². The highest BCUT2D eigenvalue weighted by Crippen LogP contribution is 2.40. The summed E-state index contributed by atoms with van der Waals surface area (Å²) in [7, 11) is 3.92. The van der Waals surface area contributed by atoms with Gasteiger partial charge in [-0.05, 0) is 45.3 Å². The third kappa shape index (κ3) is 5.03. The number of anilines is 3. The summed E-state index contributed by atoms with van der Waals surface area (Å²) in [5.41, 5.74) is 0.494. The lowest BCUT2D eigenvalue weighted by molar-refractivity contribution is -0.151. The van der Waals surface area contributed by atoms with Gasteiger partial charge in [-0.25, -0.2) is 22.9 Å². The number of likely N-dealkylation sites (N-methyl/N-ethyl adjacent to an activating group) is 1. The van der Waals surface area contributed by atoms with E-state index in [4.69, 9.17) is 14.2 Å². The Morgan fingerprint density at radius 1 is 1.22 bits per heavy atom. The molecule has 0 radical (unpaired) electrons. The smallest absolute Gasteiger partial charge is 0.335 e. The van der Waals surface area contributed by atoms with Crippen LogP contribution in [0.2, 0.25) is 0 Å². The van der Waals surface area contributed by atoms with E-state index in [0.717, 1.165) is 12.1 Å². The number of hydrogen-bond donors (Lipinski definition) is 0. The quantitative estimate of drug-likeness (QED) is 0.539. The maximum atomic E-state index is 15.4. The van der Waals surface area contributed by atoms with Gasteiger partial charge in [-0.2, -0.15) is 0 Å². The molecule has 1 aromatic carbocycles. The third-order valence-electron chi connectivity index (χ3n) is 6.59. The van der Waals surface area contributed by atoms with E-state index in [0.29, 0.717) is 26.1 Å². The highest BCUT2D eigenvalue weighted by atomic mass is 19.1. The molecule has 3 aliphatic heterocycles. The molecule has 1 aromatic heterocycles. The van der Waals surface area contributed by atoms with Gasteiger partial charge in [0.1, 0.15) is 17.5 Å². The molecule has 0 aliphatic carbocycles. The van der Waals surface area contributed by atoms with E-state index in [1.807, 2.05) is 19.0 Å².